The van der Waals surface area contributed by atoms with Crippen LogP contribution in [0.3, 0.4) is 0 Å². The number of carbonyl (C=O) groups is 1. The molecule has 0 saturated carbocycles. The maximum absolute atomic E-state index is 13.6. The summed E-state index contributed by atoms with van der Waals surface area (Å²) < 4.78 is 7.77. The summed E-state index contributed by atoms with van der Waals surface area (Å²) in [6.45, 7) is 1.98. The molecule has 3 aromatic carbocycles. The third kappa shape index (κ3) is 4.41. The Kier molecular flexibility index (Phi) is 6.60. The molecule has 1 amide bonds. The van der Waals surface area contributed by atoms with Gasteiger partial charge in [-0.2, -0.15) is 0 Å². The molecular weight excluding hydrogens is 482 g/mol. The average molecular weight is 506 g/mol. The molecule has 1 unspecified atom stereocenters. The van der Waals surface area contributed by atoms with Crippen molar-refractivity contribution in [3.05, 3.63) is 99.0 Å². The fraction of sp³-hybridized carbons (Fsp3) is 0.192. The van der Waals surface area contributed by atoms with Crippen molar-refractivity contribution in [3.8, 4) is 11.4 Å². The van der Waals surface area contributed by atoms with Crippen molar-refractivity contribution in [2.24, 2.45) is 0 Å². The van der Waals surface area contributed by atoms with Crippen LogP contribution in [-0.2, 0) is 0 Å². The van der Waals surface area contributed by atoms with Crippen LogP contribution in [0.2, 0.25) is 0 Å². The Hall–Kier alpha value is -3.45. The zero-order valence-corrected chi connectivity index (χ0v) is 20.2. The number of ether oxygens (including phenoxy) is 1. The van der Waals surface area contributed by atoms with E-state index in [9.17, 15) is 9.59 Å². The first-order chi connectivity index (χ1) is 15.9. The van der Waals surface area contributed by atoms with Crippen LogP contribution in [0, 0.1) is 0 Å². The minimum atomic E-state index is -0.416. The number of rotatable bonds is 6. The van der Waals surface area contributed by atoms with Crippen molar-refractivity contribution in [1.82, 2.24) is 14.5 Å². The number of hydrogen-bond donors (Lipinski definition) is 0. The molecule has 0 N–H and O–H groups in total. The average Bonchev–Trinajstić information content (AvgIpc) is 2.85. The lowest BCUT2D eigenvalue weighted by Gasteiger charge is -2.29. The molecule has 4 rings (SSSR count). The molecule has 168 valence electrons. The first-order valence-corrected chi connectivity index (χ1v) is 11.4. The van der Waals surface area contributed by atoms with E-state index in [0.717, 1.165) is 4.47 Å². The van der Waals surface area contributed by atoms with Gasteiger partial charge < -0.3 is 9.64 Å². The SMILES string of the molecule is CCC(c1nc2ccccc2c(=O)n1-c1ccc(OC)cc1)N(C)C(=O)c1ccc(Br)cc1. The topological polar surface area (TPSA) is 64.4 Å². The van der Waals surface area contributed by atoms with Gasteiger partial charge in [0.2, 0.25) is 0 Å². The lowest BCUT2D eigenvalue weighted by molar-refractivity contribution is 0.0717. The van der Waals surface area contributed by atoms with Crippen LogP contribution < -0.4 is 10.3 Å². The highest BCUT2D eigenvalue weighted by atomic mass is 79.9. The number of para-hydroxylation sites is 1. The number of benzene rings is 3. The van der Waals surface area contributed by atoms with Crippen molar-refractivity contribution < 1.29 is 9.53 Å². The van der Waals surface area contributed by atoms with Gasteiger partial charge in [0.05, 0.1) is 29.7 Å². The summed E-state index contributed by atoms with van der Waals surface area (Å²) in [6.07, 6.45) is 0.583. The second kappa shape index (κ2) is 9.58. The smallest absolute Gasteiger partial charge is 0.266 e. The van der Waals surface area contributed by atoms with Crippen molar-refractivity contribution in [2.45, 2.75) is 19.4 Å². The Morgan fingerprint density at radius 1 is 1.06 bits per heavy atom. The number of aromatic nitrogens is 2. The lowest BCUT2D eigenvalue weighted by Crippen LogP contribution is -2.36. The molecule has 1 atom stereocenters. The molecule has 33 heavy (non-hydrogen) atoms. The Morgan fingerprint density at radius 2 is 1.73 bits per heavy atom. The van der Waals surface area contributed by atoms with Gasteiger partial charge in [0.15, 0.2) is 0 Å². The first kappa shape index (κ1) is 22.7. The second-order valence-corrected chi connectivity index (χ2v) is 8.59. The molecule has 0 aliphatic carbocycles. The third-order valence-electron chi connectivity index (χ3n) is 5.70. The van der Waals surface area contributed by atoms with Gasteiger partial charge in [-0.15, -0.1) is 0 Å². The van der Waals surface area contributed by atoms with Gasteiger partial charge in [0.25, 0.3) is 11.5 Å². The predicted octanol–water partition coefficient (Wildman–Crippen LogP) is 5.38. The van der Waals surface area contributed by atoms with Crippen molar-refractivity contribution in [1.29, 1.82) is 0 Å². The maximum atomic E-state index is 13.6. The molecule has 0 spiro atoms. The number of nitrogens with zero attached hydrogens (tertiary/aromatic N) is 3. The molecule has 1 aromatic heterocycles. The Balaban J connectivity index is 1.88. The predicted molar refractivity (Wildman–Crippen MR) is 133 cm³/mol. The quantitative estimate of drug-likeness (QED) is 0.352. The Morgan fingerprint density at radius 3 is 2.36 bits per heavy atom. The van der Waals surface area contributed by atoms with E-state index in [1.54, 1.807) is 54.0 Å². The van der Waals surface area contributed by atoms with Crippen LogP contribution in [0.1, 0.15) is 35.6 Å². The number of fused-ring (bicyclic) bond motifs is 1. The van der Waals surface area contributed by atoms with Crippen LogP contribution in [-0.4, -0.2) is 34.5 Å². The summed E-state index contributed by atoms with van der Waals surface area (Å²) in [5.41, 5.74) is 1.66. The highest BCUT2D eigenvalue weighted by molar-refractivity contribution is 9.10. The zero-order chi connectivity index (χ0) is 23.5. The minimum Gasteiger partial charge on any atom is -0.497 e. The molecular formula is C26H24BrN3O3. The molecule has 0 radical (unpaired) electrons. The standard InChI is InChI=1S/C26H24BrN3O3/c1-4-23(29(2)25(31)17-9-11-18(27)12-10-17)24-28-22-8-6-5-7-21(22)26(32)30(24)19-13-15-20(33-3)16-14-19/h5-16,23H,4H2,1-3H3. The van der Waals surface area contributed by atoms with E-state index in [4.69, 9.17) is 9.72 Å². The van der Waals surface area contributed by atoms with E-state index in [1.807, 2.05) is 49.4 Å². The van der Waals surface area contributed by atoms with E-state index < -0.39 is 6.04 Å². The largest absolute Gasteiger partial charge is 0.497 e. The highest BCUT2D eigenvalue weighted by Crippen LogP contribution is 2.27. The molecule has 6 nitrogen and oxygen atoms in total. The molecule has 0 aliphatic rings. The van der Waals surface area contributed by atoms with E-state index in [2.05, 4.69) is 15.9 Å². The fourth-order valence-corrected chi connectivity index (χ4v) is 4.19. The first-order valence-electron chi connectivity index (χ1n) is 10.6. The van der Waals surface area contributed by atoms with E-state index in [-0.39, 0.29) is 11.5 Å². The number of hydrogen-bond acceptors (Lipinski definition) is 4. The van der Waals surface area contributed by atoms with Crippen LogP contribution >= 0.6 is 15.9 Å². The van der Waals surface area contributed by atoms with Gasteiger partial charge in [-0.05, 0) is 67.1 Å². The van der Waals surface area contributed by atoms with Crippen LogP contribution in [0.5, 0.6) is 5.75 Å². The van der Waals surface area contributed by atoms with Crippen molar-refractivity contribution >= 4 is 32.7 Å². The molecule has 0 saturated heterocycles. The number of amides is 1. The van der Waals surface area contributed by atoms with Gasteiger partial charge in [0.1, 0.15) is 11.6 Å². The molecule has 1 heterocycles. The molecule has 0 fully saturated rings. The van der Waals surface area contributed by atoms with Crippen molar-refractivity contribution in [2.75, 3.05) is 14.2 Å². The molecule has 7 heteroatoms. The Bertz CT molecular complexity index is 1350. The normalized spacial score (nSPS) is 11.9. The summed E-state index contributed by atoms with van der Waals surface area (Å²) >= 11 is 3.41. The number of carbonyl (C=O) groups excluding carboxylic acids is 1. The third-order valence-corrected chi connectivity index (χ3v) is 6.22. The highest BCUT2D eigenvalue weighted by Gasteiger charge is 2.27. The number of methoxy groups -OCH3 is 1. The van der Waals surface area contributed by atoms with Gasteiger partial charge in [-0.1, -0.05) is 35.0 Å². The lowest BCUT2D eigenvalue weighted by atomic mass is 10.1. The summed E-state index contributed by atoms with van der Waals surface area (Å²) in [6, 6.07) is 21.3. The van der Waals surface area contributed by atoms with Gasteiger partial charge >= 0.3 is 0 Å². The van der Waals surface area contributed by atoms with E-state index >= 15 is 0 Å². The minimum absolute atomic E-state index is 0.141. The fourth-order valence-electron chi connectivity index (χ4n) is 3.92. The van der Waals surface area contributed by atoms with Crippen LogP contribution in [0.25, 0.3) is 16.6 Å². The summed E-state index contributed by atoms with van der Waals surface area (Å²) in [5, 5.41) is 0.522. The van der Waals surface area contributed by atoms with Gasteiger partial charge in [-0.25, -0.2) is 4.98 Å². The monoisotopic (exact) mass is 505 g/mol. The molecule has 0 bridgehead atoms. The summed E-state index contributed by atoms with van der Waals surface area (Å²) in [4.78, 5) is 33.4. The van der Waals surface area contributed by atoms with E-state index in [0.29, 0.717) is 40.1 Å². The molecule has 4 aromatic rings. The summed E-state index contributed by atoms with van der Waals surface area (Å²) in [7, 11) is 3.35. The second-order valence-electron chi connectivity index (χ2n) is 7.67. The maximum Gasteiger partial charge on any atom is 0.266 e. The summed E-state index contributed by atoms with van der Waals surface area (Å²) in [5.74, 6) is 1.06. The molecule has 0 aliphatic heterocycles. The van der Waals surface area contributed by atoms with Crippen molar-refractivity contribution in [3.63, 3.8) is 0 Å². The van der Waals surface area contributed by atoms with Crippen LogP contribution in [0.15, 0.2) is 82.1 Å². The number of halogens is 1. The van der Waals surface area contributed by atoms with Gasteiger partial charge in [0, 0.05) is 17.1 Å². The Labute approximate surface area is 200 Å². The zero-order valence-electron chi connectivity index (χ0n) is 18.7. The van der Waals surface area contributed by atoms with Gasteiger partial charge in [-0.3, -0.25) is 14.2 Å². The van der Waals surface area contributed by atoms with Crippen LogP contribution in [0.4, 0.5) is 0 Å². The van der Waals surface area contributed by atoms with E-state index in [1.165, 1.54) is 0 Å².